The first kappa shape index (κ1) is 13.3. The van der Waals surface area contributed by atoms with Crippen LogP contribution in [0.1, 0.15) is 11.7 Å². The van der Waals surface area contributed by atoms with Crippen LogP contribution in [0.4, 0.5) is 0 Å². The lowest BCUT2D eigenvalue weighted by Crippen LogP contribution is -2.20. The minimum Gasteiger partial charge on any atom is -0.446 e. The maximum atomic E-state index is 11.1. The Morgan fingerprint density at radius 2 is 1.69 bits per heavy atom. The molecular formula is C10H7Cl3O3. The smallest absolute Gasteiger partial charge is 0.340 e. The highest BCUT2D eigenvalue weighted by Crippen LogP contribution is 2.22. The SMILES string of the molecule is O=C(OC(C(=O)Cl)c1ccccc1)C(Cl)Cl. The molecule has 0 aromatic heterocycles. The second-order valence-electron chi connectivity index (χ2n) is 2.83. The molecule has 1 unspecified atom stereocenters. The minimum atomic E-state index is -1.35. The fourth-order valence-corrected chi connectivity index (χ4v) is 1.31. The van der Waals surface area contributed by atoms with Crippen LogP contribution >= 0.6 is 34.8 Å². The first-order valence-electron chi connectivity index (χ1n) is 4.25. The summed E-state index contributed by atoms with van der Waals surface area (Å²) in [6, 6.07) is 8.35. The van der Waals surface area contributed by atoms with Gasteiger partial charge in [-0.1, -0.05) is 53.5 Å². The second-order valence-corrected chi connectivity index (χ2v) is 4.30. The Kier molecular flexibility index (Phi) is 5.06. The summed E-state index contributed by atoms with van der Waals surface area (Å²) in [4.78, 5) is 20.9. The second kappa shape index (κ2) is 6.09. The van der Waals surface area contributed by atoms with Gasteiger partial charge < -0.3 is 4.74 Å². The zero-order valence-corrected chi connectivity index (χ0v) is 10.2. The third-order valence-corrected chi connectivity index (χ3v) is 2.28. The molecule has 0 saturated carbocycles. The van der Waals surface area contributed by atoms with E-state index in [9.17, 15) is 9.59 Å². The zero-order chi connectivity index (χ0) is 12.1. The van der Waals surface area contributed by atoms with E-state index in [4.69, 9.17) is 39.5 Å². The lowest BCUT2D eigenvalue weighted by atomic mass is 10.1. The Morgan fingerprint density at radius 3 is 2.12 bits per heavy atom. The van der Waals surface area contributed by atoms with Crippen LogP contribution in [-0.2, 0) is 14.3 Å². The van der Waals surface area contributed by atoms with Crippen molar-refractivity contribution in [3.63, 3.8) is 0 Å². The van der Waals surface area contributed by atoms with Crippen LogP contribution in [0.15, 0.2) is 30.3 Å². The average Bonchev–Trinajstić information content (AvgIpc) is 2.26. The molecule has 0 aliphatic rings. The summed E-state index contributed by atoms with van der Waals surface area (Å²) >= 11 is 15.9. The summed E-state index contributed by atoms with van der Waals surface area (Å²) in [5.41, 5.74) is 0.463. The van der Waals surface area contributed by atoms with Gasteiger partial charge in [-0.2, -0.15) is 0 Å². The van der Waals surface area contributed by atoms with Crippen LogP contribution in [0.2, 0.25) is 0 Å². The molecule has 0 bridgehead atoms. The molecule has 1 rings (SSSR count). The molecule has 0 N–H and O–H groups in total. The number of benzene rings is 1. The van der Waals surface area contributed by atoms with Crippen LogP contribution in [0.25, 0.3) is 0 Å². The van der Waals surface area contributed by atoms with E-state index in [1.165, 1.54) is 0 Å². The van der Waals surface area contributed by atoms with E-state index >= 15 is 0 Å². The molecule has 1 aromatic carbocycles. The van der Waals surface area contributed by atoms with E-state index in [0.29, 0.717) is 5.56 Å². The Balaban J connectivity index is 2.85. The standard InChI is InChI=1S/C10H7Cl3O3/c11-8(12)10(15)16-7(9(13)14)6-4-2-1-3-5-6/h1-5,7-8H. The number of rotatable bonds is 4. The predicted octanol–water partition coefficient (Wildman–Crippen LogP) is 2.84. The van der Waals surface area contributed by atoms with Gasteiger partial charge in [0.2, 0.25) is 10.9 Å². The van der Waals surface area contributed by atoms with Crippen molar-refractivity contribution in [3.8, 4) is 0 Å². The summed E-state index contributed by atoms with van der Waals surface area (Å²) in [5.74, 6) is -0.911. The quantitative estimate of drug-likeness (QED) is 0.484. The van der Waals surface area contributed by atoms with Crippen LogP contribution in [0.3, 0.4) is 0 Å². The van der Waals surface area contributed by atoms with Crippen LogP contribution in [0, 0.1) is 0 Å². The van der Waals surface area contributed by atoms with Crippen molar-refractivity contribution in [1.29, 1.82) is 0 Å². The lowest BCUT2D eigenvalue weighted by molar-refractivity contribution is -0.151. The number of hydrogen-bond acceptors (Lipinski definition) is 3. The van der Waals surface area contributed by atoms with Crippen molar-refractivity contribution in [3.05, 3.63) is 35.9 Å². The van der Waals surface area contributed by atoms with Gasteiger partial charge in [0.05, 0.1) is 0 Å². The molecule has 0 fully saturated rings. The van der Waals surface area contributed by atoms with E-state index < -0.39 is 22.2 Å². The van der Waals surface area contributed by atoms with Gasteiger partial charge in [-0.3, -0.25) is 4.79 Å². The van der Waals surface area contributed by atoms with E-state index in [0.717, 1.165) is 0 Å². The van der Waals surface area contributed by atoms with E-state index in [1.807, 2.05) is 0 Å². The first-order chi connectivity index (χ1) is 7.52. The molecule has 16 heavy (non-hydrogen) atoms. The third-order valence-electron chi connectivity index (χ3n) is 1.72. The Hall–Kier alpha value is -0.770. The molecule has 0 radical (unpaired) electrons. The zero-order valence-electron chi connectivity index (χ0n) is 7.90. The number of carbonyl (C=O) groups excluding carboxylic acids is 2. The van der Waals surface area contributed by atoms with Crippen molar-refractivity contribution in [2.45, 2.75) is 10.9 Å². The molecule has 3 nitrogen and oxygen atoms in total. The maximum absolute atomic E-state index is 11.1. The number of hydrogen-bond donors (Lipinski definition) is 0. The summed E-state index contributed by atoms with van der Waals surface area (Å²) < 4.78 is 4.78. The highest BCUT2D eigenvalue weighted by Gasteiger charge is 2.25. The normalized spacial score (nSPS) is 12.2. The van der Waals surface area contributed by atoms with Crippen molar-refractivity contribution in [1.82, 2.24) is 0 Å². The van der Waals surface area contributed by atoms with Gasteiger partial charge in [-0.05, 0) is 11.6 Å². The Labute approximate surface area is 107 Å². The van der Waals surface area contributed by atoms with Gasteiger partial charge in [0.15, 0.2) is 0 Å². The van der Waals surface area contributed by atoms with Crippen molar-refractivity contribution < 1.29 is 14.3 Å². The fraction of sp³-hybridized carbons (Fsp3) is 0.200. The van der Waals surface area contributed by atoms with Gasteiger partial charge in [-0.25, -0.2) is 4.79 Å². The summed E-state index contributed by atoms with van der Waals surface area (Å²) in [5, 5.41) is -0.812. The number of carbonyl (C=O) groups is 2. The molecule has 1 atom stereocenters. The Morgan fingerprint density at radius 1 is 1.12 bits per heavy atom. The molecule has 0 heterocycles. The van der Waals surface area contributed by atoms with Crippen molar-refractivity contribution in [2.75, 3.05) is 0 Å². The third kappa shape index (κ3) is 3.67. The van der Waals surface area contributed by atoms with Crippen LogP contribution in [0.5, 0.6) is 0 Å². The highest BCUT2D eigenvalue weighted by molar-refractivity contribution is 6.64. The molecule has 0 aliphatic carbocycles. The molecule has 86 valence electrons. The molecule has 0 saturated heterocycles. The monoisotopic (exact) mass is 280 g/mol. The molecular weight excluding hydrogens is 274 g/mol. The largest absolute Gasteiger partial charge is 0.446 e. The molecule has 0 spiro atoms. The summed E-state index contributed by atoms with van der Waals surface area (Å²) in [7, 11) is 0. The summed E-state index contributed by atoms with van der Waals surface area (Å²) in [6.45, 7) is 0. The van der Waals surface area contributed by atoms with Gasteiger partial charge in [-0.15, -0.1) is 0 Å². The van der Waals surface area contributed by atoms with Crippen molar-refractivity contribution in [2.24, 2.45) is 0 Å². The van der Waals surface area contributed by atoms with Gasteiger partial charge in [0, 0.05) is 5.56 Å². The summed E-state index contributed by atoms with van der Waals surface area (Å²) in [6.07, 6.45) is -1.18. The number of ether oxygens (including phenoxy) is 1. The van der Waals surface area contributed by atoms with E-state index in [1.54, 1.807) is 30.3 Å². The number of alkyl halides is 2. The van der Waals surface area contributed by atoms with Crippen LogP contribution < -0.4 is 0 Å². The minimum absolute atomic E-state index is 0.463. The average molecular weight is 282 g/mol. The topological polar surface area (TPSA) is 43.4 Å². The van der Waals surface area contributed by atoms with E-state index in [-0.39, 0.29) is 0 Å². The lowest BCUT2D eigenvalue weighted by Gasteiger charge is -2.14. The predicted molar refractivity (Wildman–Crippen MR) is 61.6 cm³/mol. The highest BCUT2D eigenvalue weighted by atomic mass is 35.5. The van der Waals surface area contributed by atoms with Gasteiger partial charge >= 0.3 is 5.97 Å². The molecule has 0 amide bonds. The van der Waals surface area contributed by atoms with Gasteiger partial charge in [0.1, 0.15) is 0 Å². The Bertz CT molecular complexity index is 378. The molecule has 6 heteroatoms. The van der Waals surface area contributed by atoms with E-state index in [2.05, 4.69) is 0 Å². The van der Waals surface area contributed by atoms with Gasteiger partial charge in [0.25, 0.3) is 5.24 Å². The van der Waals surface area contributed by atoms with Crippen LogP contribution in [-0.4, -0.2) is 16.0 Å². The number of esters is 1. The fourth-order valence-electron chi connectivity index (χ4n) is 1.04. The maximum Gasteiger partial charge on any atom is 0.340 e. The molecule has 1 aromatic rings. The first-order valence-corrected chi connectivity index (χ1v) is 5.50. The molecule has 0 aliphatic heterocycles. The van der Waals surface area contributed by atoms with Crippen molar-refractivity contribution >= 4 is 46.0 Å². The number of halogens is 3.